The van der Waals surface area contributed by atoms with E-state index in [1.54, 1.807) is 6.92 Å². The third-order valence-electron chi connectivity index (χ3n) is 4.05. The van der Waals surface area contributed by atoms with Crippen LogP contribution in [0.1, 0.15) is 23.7 Å². The molecule has 1 aliphatic rings. The van der Waals surface area contributed by atoms with E-state index in [0.717, 1.165) is 31.6 Å². The number of Topliss-reactive ketones (excluding diaryl/α,β-unsaturated/α-hetero) is 1. The molecule has 0 radical (unpaired) electrons. The molecule has 1 heterocycles. The summed E-state index contributed by atoms with van der Waals surface area (Å²) in [7, 11) is 4.03. The summed E-state index contributed by atoms with van der Waals surface area (Å²) in [6, 6.07) is 3.13. The lowest BCUT2D eigenvalue weighted by Crippen LogP contribution is -2.40. The van der Waals surface area contributed by atoms with E-state index >= 15 is 0 Å². The second-order valence-corrected chi connectivity index (χ2v) is 5.57. The van der Waals surface area contributed by atoms with E-state index in [4.69, 9.17) is 0 Å². The molecule has 1 aromatic rings. The van der Waals surface area contributed by atoms with Crippen LogP contribution in [0.2, 0.25) is 0 Å². The molecule has 110 valence electrons. The van der Waals surface area contributed by atoms with E-state index in [1.165, 1.54) is 6.07 Å². The minimum absolute atomic E-state index is 0.0350. The van der Waals surface area contributed by atoms with Gasteiger partial charge in [-0.3, -0.25) is 9.69 Å². The first-order valence-corrected chi connectivity index (χ1v) is 6.80. The first kappa shape index (κ1) is 15.1. The number of ketones is 1. The zero-order chi connectivity index (χ0) is 14.9. The maximum Gasteiger partial charge on any atom is 0.182 e. The first-order chi connectivity index (χ1) is 9.40. The van der Waals surface area contributed by atoms with E-state index in [9.17, 15) is 13.6 Å². The average Bonchev–Trinajstić information content (AvgIpc) is 2.87. The Labute approximate surface area is 118 Å². The van der Waals surface area contributed by atoms with Gasteiger partial charge in [-0.05, 0) is 39.6 Å². The van der Waals surface area contributed by atoms with E-state index in [1.807, 2.05) is 14.1 Å². The Morgan fingerprint density at radius 2 is 2.10 bits per heavy atom. The maximum atomic E-state index is 13.7. The van der Waals surface area contributed by atoms with Gasteiger partial charge in [0.15, 0.2) is 5.78 Å². The van der Waals surface area contributed by atoms with Gasteiger partial charge in [-0.25, -0.2) is 8.78 Å². The van der Waals surface area contributed by atoms with Crippen LogP contribution in [0.4, 0.5) is 8.78 Å². The molecular weight excluding hydrogens is 262 g/mol. The second-order valence-electron chi connectivity index (χ2n) is 5.57. The van der Waals surface area contributed by atoms with Crippen molar-refractivity contribution in [3.63, 3.8) is 0 Å². The number of halogens is 2. The molecule has 1 aromatic carbocycles. The van der Waals surface area contributed by atoms with Gasteiger partial charge in [-0.1, -0.05) is 0 Å². The Bertz CT molecular complexity index is 505. The molecule has 0 bridgehead atoms. The van der Waals surface area contributed by atoms with Gasteiger partial charge >= 0.3 is 0 Å². The van der Waals surface area contributed by atoms with Gasteiger partial charge in [-0.2, -0.15) is 0 Å². The van der Waals surface area contributed by atoms with E-state index in [-0.39, 0.29) is 17.4 Å². The number of likely N-dealkylation sites (tertiary alicyclic amines) is 1. The molecule has 1 saturated heterocycles. The van der Waals surface area contributed by atoms with Crippen molar-refractivity contribution >= 4 is 5.78 Å². The summed E-state index contributed by atoms with van der Waals surface area (Å²) < 4.78 is 26.6. The van der Waals surface area contributed by atoms with Crippen LogP contribution in [0, 0.1) is 11.6 Å². The largest absolute Gasteiger partial charge is 0.305 e. The molecule has 0 amide bonds. The van der Waals surface area contributed by atoms with Crippen molar-refractivity contribution in [3.8, 4) is 0 Å². The lowest BCUT2D eigenvalue weighted by molar-refractivity contribution is 0.0855. The molecule has 0 aromatic heterocycles. The molecule has 0 saturated carbocycles. The molecule has 0 N–H and O–H groups in total. The van der Waals surface area contributed by atoms with Crippen LogP contribution in [0.5, 0.6) is 0 Å². The first-order valence-electron chi connectivity index (χ1n) is 6.80. The van der Waals surface area contributed by atoms with E-state index in [2.05, 4.69) is 9.80 Å². The number of nitrogens with zero attached hydrogens (tertiary/aromatic N) is 2. The Morgan fingerprint density at radius 3 is 2.65 bits per heavy atom. The summed E-state index contributed by atoms with van der Waals surface area (Å²) in [5, 5.41) is 0. The zero-order valence-electron chi connectivity index (χ0n) is 12.1. The molecule has 2 unspecified atom stereocenters. The predicted octanol–water partition coefficient (Wildman–Crippen LogP) is 2.17. The Morgan fingerprint density at radius 1 is 1.40 bits per heavy atom. The van der Waals surface area contributed by atoms with Crippen molar-refractivity contribution in [2.45, 2.75) is 25.4 Å². The van der Waals surface area contributed by atoms with Crippen molar-refractivity contribution in [1.82, 2.24) is 9.80 Å². The Balaban J connectivity index is 2.09. The van der Waals surface area contributed by atoms with Crippen LogP contribution in [-0.2, 0) is 0 Å². The van der Waals surface area contributed by atoms with Gasteiger partial charge in [0.25, 0.3) is 0 Å². The summed E-state index contributed by atoms with van der Waals surface area (Å²) in [6.07, 6.45) is 0.997. The number of rotatable bonds is 4. The van der Waals surface area contributed by atoms with Crippen LogP contribution in [0.15, 0.2) is 18.2 Å². The van der Waals surface area contributed by atoms with E-state index < -0.39 is 11.6 Å². The number of carbonyl (C=O) groups excluding carboxylic acids is 1. The van der Waals surface area contributed by atoms with Crippen LogP contribution in [0.25, 0.3) is 0 Å². The lowest BCUT2D eigenvalue weighted by atomic mass is 10.0. The number of likely N-dealkylation sites (N-methyl/N-ethyl adjacent to an activating group) is 1. The van der Waals surface area contributed by atoms with Crippen molar-refractivity contribution < 1.29 is 13.6 Å². The predicted molar refractivity (Wildman–Crippen MR) is 73.8 cm³/mol. The molecule has 1 aliphatic heterocycles. The Hall–Kier alpha value is -1.33. The normalized spacial score (nSPS) is 21.4. The molecule has 3 nitrogen and oxygen atoms in total. The minimum Gasteiger partial charge on any atom is -0.305 e. The van der Waals surface area contributed by atoms with Gasteiger partial charge in [0.1, 0.15) is 11.6 Å². The third-order valence-corrected chi connectivity index (χ3v) is 4.05. The van der Waals surface area contributed by atoms with Crippen molar-refractivity contribution in [1.29, 1.82) is 0 Å². The third kappa shape index (κ3) is 3.04. The highest BCUT2D eigenvalue weighted by Gasteiger charge is 2.31. The summed E-state index contributed by atoms with van der Waals surface area (Å²) >= 11 is 0. The van der Waals surface area contributed by atoms with Crippen LogP contribution in [-0.4, -0.2) is 54.9 Å². The molecule has 1 fully saturated rings. The van der Waals surface area contributed by atoms with Gasteiger partial charge in [-0.15, -0.1) is 0 Å². The highest BCUT2D eigenvalue weighted by atomic mass is 19.1. The Kier molecular flexibility index (Phi) is 4.50. The van der Waals surface area contributed by atoms with Crippen LogP contribution < -0.4 is 0 Å². The minimum atomic E-state index is -0.787. The molecular formula is C15H20F2N2O. The van der Waals surface area contributed by atoms with Crippen molar-refractivity contribution in [3.05, 3.63) is 35.4 Å². The quantitative estimate of drug-likeness (QED) is 0.791. The van der Waals surface area contributed by atoms with Crippen molar-refractivity contribution in [2.24, 2.45) is 0 Å². The molecule has 2 atom stereocenters. The monoisotopic (exact) mass is 282 g/mol. The molecule has 2 rings (SSSR count). The summed E-state index contributed by atoms with van der Waals surface area (Å²) in [5.41, 5.74) is -0.0350. The van der Waals surface area contributed by atoms with Gasteiger partial charge in [0, 0.05) is 25.2 Å². The summed E-state index contributed by atoms with van der Waals surface area (Å²) in [5.74, 6) is -1.74. The summed E-state index contributed by atoms with van der Waals surface area (Å²) in [4.78, 5) is 16.5. The average molecular weight is 282 g/mol. The fourth-order valence-electron chi connectivity index (χ4n) is 2.62. The number of hydrogen-bond donors (Lipinski definition) is 0. The lowest BCUT2D eigenvalue weighted by Gasteiger charge is -2.25. The molecule has 20 heavy (non-hydrogen) atoms. The number of carbonyl (C=O) groups is 1. The number of hydrogen-bond acceptors (Lipinski definition) is 3. The fourth-order valence-corrected chi connectivity index (χ4v) is 2.62. The maximum absolute atomic E-state index is 13.7. The van der Waals surface area contributed by atoms with Gasteiger partial charge < -0.3 is 4.90 Å². The zero-order valence-corrected chi connectivity index (χ0v) is 12.1. The molecule has 0 aliphatic carbocycles. The standard InChI is InChI=1S/C15H20F2N2O/c1-10(19-7-6-12(9-19)18(2)3)15(20)13-5-4-11(16)8-14(13)17/h4-5,8,10,12H,6-7,9H2,1-3H3. The highest BCUT2D eigenvalue weighted by molar-refractivity contribution is 6.00. The number of benzene rings is 1. The topological polar surface area (TPSA) is 23.6 Å². The fraction of sp³-hybridized carbons (Fsp3) is 0.533. The van der Waals surface area contributed by atoms with Crippen molar-refractivity contribution in [2.75, 3.05) is 27.2 Å². The van der Waals surface area contributed by atoms with Gasteiger partial charge in [0.05, 0.1) is 11.6 Å². The van der Waals surface area contributed by atoms with Crippen LogP contribution >= 0.6 is 0 Å². The SMILES string of the molecule is CC(C(=O)c1ccc(F)cc1F)N1CCC(N(C)C)C1. The van der Waals surface area contributed by atoms with Gasteiger partial charge in [0.2, 0.25) is 0 Å². The second kappa shape index (κ2) is 5.97. The summed E-state index contributed by atoms with van der Waals surface area (Å²) in [6.45, 7) is 3.39. The van der Waals surface area contributed by atoms with E-state index in [0.29, 0.717) is 6.04 Å². The van der Waals surface area contributed by atoms with Crippen LogP contribution in [0.3, 0.4) is 0 Å². The highest BCUT2D eigenvalue weighted by Crippen LogP contribution is 2.20. The molecule has 0 spiro atoms. The smallest absolute Gasteiger partial charge is 0.182 e. The molecule has 5 heteroatoms.